The van der Waals surface area contributed by atoms with E-state index >= 15 is 0 Å². The van der Waals surface area contributed by atoms with Gasteiger partial charge in [-0.25, -0.2) is 0 Å². The summed E-state index contributed by atoms with van der Waals surface area (Å²) in [6.45, 7) is 8.20. The molecule has 0 radical (unpaired) electrons. The van der Waals surface area contributed by atoms with Crippen molar-refractivity contribution in [2.75, 3.05) is 5.32 Å². The van der Waals surface area contributed by atoms with Crippen molar-refractivity contribution in [3.63, 3.8) is 0 Å². The van der Waals surface area contributed by atoms with Crippen molar-refractivity contribution in [3.8, 4) is 5.75 Å². The first kappa shape index (κ1) is 17.3. The molecule has 0 saturated carbocycles. The van der Waals surface area contributed by atoms with E-state index in [-0.39, 0.29) is 12.1 Å². The Kier molecular flexibility index (Phi) is 5.99. The van der Waals surface area contributed by atoms with Gasteiger partial charge in [-0.05, 0) is 57.6 Å². The Bertz CT molecular complexity index is 653. The van der Waals surface area contributed by atoms with E-state index in [0.717, 1.165) is 11.4 Å². The Balaban J connectivity index is 1.95. The highest BCUT2D eigenvalue weighted by Crippen LogP contribution is 2.19. The van der Waals surface area contributed by atoms with Crippen molar-refractivity contribution in [3.05, 3.63) is 59.7 Å². The van der Waals surface area contributed by atoms with Gasteiger partial charge in [0.2, 0.25) is 0 Å². The Hall–Kier alpha value is -2.07. The molecule has 3 nitrogen and oxygen atoms in total. The normalized spacial score (nSPS) is 11.9. The van der Waals surface area contributed by atoms with Gasteiger partial charge in [-0.3, -0.25) is 0 Å². The van der Waals surface area contributed by atoms with E-state index in [9.17, 15) is 0 Å². The second-order valence-corrected chi connectivity index (χ2v) is 6.33. The summed E-state index contributed by atoms with van der Waals surface area (Å²) in [6, 6.07) is 16.4. The maximum Gasteiger partial charge on any atom is 0.171 e. The summed E-state index contributed by atoms with van der Waals surface area (Å²) in [5.74, 6) is 0.833. The predicted octanol–water partition coefficient (Wildman–Crippen LogP) is 4.83. The van der Waals surface area contributed by atoms with Crippen molar-refractivity contribution in [1.82, 2.24) is 5.32 Å². The van der Waals surface area contributed by atoms with Crippen molar-refractivity contribution < 1.29 is 4.74 Å². The number of ether oxygens (including phenoxy) is 1. The number of aryl methyl sites for hydroxylation is 1. The van der Waals surface area contributed by atoms with Crippen LogP contribution in [0.4, 0.5) is 5.69 Å². The van der Waals surface area contributed by atoms with E-state index in [2.05, 4.69) is 48.7 Å². The number of hydrogen-bond acceptors (Lipinski definition) is 2. The minimum Gasteiger partial charge on any atom is -0.491 e. The maximum absolute atomic E-state index is 5.69. The van der Waals surface area contributed by atoms with Gasteiger partial charge in [0.1, 0.15) is 5.75 Å². The van der Waals surface area contributed by atoms with E-state index in [1.54, 1.807) is 0 Å². The Morgan fingerprint density at radius 1 is 1.04 bits per heavy atom. The van der Waals surface area contributed by atoms with Gasteiger partial charge in [0, 0.05) is 11.8 Å². The van der Waals surface area contributed by atoms with Gasteiger partial charge in [0.15, 0.2) is 5.11 Å². The minimum absolute atomic E-state index is 0.144. The number of anilines is 1. The summed E-state index contributed by atoms with van der Waals surface area (Å²) < 4.78 is 5.69. The summed E-state index contributed by atoms with van der Waals surface area (Å²) in [7, 11) is 0. The van der Waals surface area contributed by atoms with Gasteiger partial charge in [0.05, 0.1) is 12.1 Å². The topological polar surface area (TPSA) is 33.3 Å². The molecule has 0 spiro atoms. The fraction of sp³-hybridized carbons (Fsp3) is 0.316. The van der Waals surface area contributed by atoms with Gasteiger partial charge < -0.3 is 15.4 Å². The van der Waals surface area contributed by atoms with Crippen LogP contribution in [-0.2, 0) is 0 Å². The highest BCUT2D eigenvalue weighted by Gasteiger charge is 2.07. The number of hydrogen-bond donors (Lipinski definition) is 2. The SMILES string of the molecule is Cc1ccc(C(C)NC(=S)Nc2cccc(OC(C)C)c2)cc1. The average molecular weight is 328 g/mol. The van der Waals surface area contributed by atoms with E-state index in [0.29, 0.717) is 5.11 Å². The standard InChI is InChI=1S/C19H24N2OS/c1-13(2)22-18-7-5-6-17(12-18)21-19(23)20-15(4)16-10-8-14(3)9-11-16/h5-13,15H,1-4H3,(H2,20,21,23). The molecule has 2 N–H and O–H groups in total. The summed E-state index contributed by atoms with van der Waals surface area (Å²) in [6.07, 6.45) is 0.150. The summed E-state index contributed by atoms with van der Waals surface area (Å²) in [5.41, 5.74) is 3.37. The molecule has 0 heterocycles. The third-order valence-corrected chi connectivity index (χ3v) is 3.61. The van der Waals surface area contributed by atoms with E-state index < -0.39 is 0 Å². The lowest BCUT2D eigenvalue weighted by Crippen LogP contribution is -2.30. The quantitative estimate of drug-likeness (QED) is 0.770. The van der Waals surface area contributed by atoms with Crippen LogP contribution in [0.1, 0.15) is 37.9 Å². The molecule has 0 amide bonds. The fourth-order valence-electron chi connectivity index (χ4n) is 2.22. The zero-order valence-electron chi connectivity index (χ0n) is 14.1. The van der Waals surface area contributed by atoms with Crippen LogP contribution in [-0.4, -0.2) is 11.2 Å². The zero-order valence-corrected chi connectivity index (χ0v) is 14.9. The average Bonchev–Trinajstić information content (AvgIpc) is 2.47. The molecule has 1 atom stereocenters. The smallest absolute Gasteiger partial charge is 0.171 e. The molecule has 0 fully saturated rings. The number of nitrogens with one attached hydrogen (secondary N) is 2. The van der Waals surface area contributed by atoms with Crippen LogP contribution < -0.4 is 15.4 Å². The Labute approximate surface area is 144 Å². The Morgan fingerprint density at radius 3 is 2.39 bits per heavy atom. The lowest BCUT2D eigenvalue weighted by Gasteiger charge is -2.18. The Morgan fingerprint density at radius 2 is 1.74 bits per heavy atom. The largest absolute Gasteiger partial charge is 0.491 e. The lowest BCUT2D eigenvalue weighted by molar-refractivity contribution is 0.242. The molecule has 0 aliphatic heterocycles. The monoisotopic (exact) mass is 328 g/mol. The molecule has 1 unspecified atom stereocenters. The molecule has 2 rings (SSSR count). The maximum atomic E-state index is 5.69. The van der Waals surface area contributed by atoms with Gasteiger partial charge in [-0.15, -0.1) is 0 Å². The van der Waals surface area contributed by atoms with Crippen molar-refractivity contribution >= 4 is 23.0 Å². The fourth-order valence-corrected chi connectivity index (χ4v) is 2.52. The number of thiocarbonyl (C=S) groups is 1. The second kappa shape index (κ2) is 7.97. The van der Waals surface area contributed by atoms with Gasteiger partial charge in [0.25, 0.3) is 0 Å². The third kappa shape index (κ3) is 5.57. The zero-order chi connectivity index (χ0) is 16.8. The van der Waals surface area contributed by atoms with Crippen LogP contribution in [0.15, 0.2) is 48.5 Å². The first-order valence-electron chi connectivity index (χ1n) is 7.85. The molecule has 0 saturated heterocycles. The minimum atomic E-state index is 0.144. The molecule has 0 bridgehead atoms. The molecule has 0 aliphatic carbocycles. The second-order valence-electron chi connectivity index (χ2n) is 5.93. The van der Waals surface area contributed by atoms with E-state index in [1.165, 1.54) is 11.1 Å². The molecule has 4 heteroatoms. The molecule has 122 valence electrons. The highest BCUT2D eigenvalue weighted by molar-refractivity contribution is 7.80. The van der Waals surface area contributed by atoms with Crippen molar-refractivity contribution in [1.29, 1.82) is 0 Å². The van der Waals surface area contributed by atoms with Crippen LogP contribution >= 0.6 is 12.2 Å². The lowest BCUT2D eigenvalue weighted by atomic mass is 10.1. The highest BCUT2D eigenvalue weighted by atomic mass is 32.1. The van der Waals surface area contributed by atoms with Gasteiger partial charge in [-0.2, -0.15) is 0 Å². The van der Waals surface area contributed by atoms with E-state index in [1.807, 2.05) is 38.1 Å². The van der Waals surface area contributed by atoms with Gasteiger partial charge in [-0.1, -0.05) is 35.9 Å². The number of rotatable bonds is 5. The molecule has 2 aromatic rings. The first-order valence-corrected chi connectivity index (χ1v) is 8.25. The van der Waals surface area contributed by atoms with Crippen LogP contribution in [0.2, 0.25) is 0 Å². The van der Waals surface area contributed by atoms with Gasteiger partial charge >= 0.3 is 0 Å². The van der Waals surface area contributed by atoms with Crippen LogP contribution in [0, 0.1) is 6.92 Å². The third-order valence-electron chi connectivity index (χ3n) is 3.39. The summed E-state index contributed by atoms with van der Waals surface area (Å²) in [4.78, 5) is 0. The van der Waals surface area contributed by atoms with Crippen molar-refractivity contribution in [2.24, 2.45) is 0 Å². The number of benzene rings is 2. The summed E-state index contributed by atoms with van der Waals surface area (Å²) >= 11 is 5.41. The summed E-state index contributed by atoms with van der Waals surface area (Å²) in [5, 5.41) is 7.11. The molecular formula is C19H24N2OS. The molecule has 23 heavy (non-hydrogen) atoms. The van der Waals surface area contributed by atoms with Crippen LogP contribution in [0.5, 0.6) is 5.75 Å². The molecule has 0 aromatic heterocycles. The van der Waals surface area contributed by atoms with Crippen LogP contribution in [0.25, 0.3) is 0 Å². The van der Waals surface area contributed by atoms with Crippen LogP contribution in [0.3, 0.4) is 0 Å². The predicted molar refractivity (Wildman–Crippen MR) is 101 cm³/mol. The molecular weight excluding hydrogens is 304 g/mol. The molecule has 2 aromatic carbocycles. The van der Waals surface area contributed by atoms with Crippen molar-refractivity contribution in [2.45, 2.75) is 39.8 Å². The van der Waals surface area contributed by atoms with E-state index in [4.69, 9.17) is 17.0 Å². The molecule has 0 aliphatic rings. The first-order chi connectivity index (χ1) is 10.9.